The minimum absolute atomic E-state index is 0.947. The van der Waals surface area contributed by atoms with Gasteiger partial charge in [0.25, 0.3) is 0 Å². The molecule has 0 spiro atoms. The van der Waals surface area contributed by atoms with Gasteiger partial charge in [-0.05, 0) is 36.3 Å². The summed E-state index contributed by atoms with van der Waals surface area (Å²) >= 11 is 0. The van der Waals surface area contributed by atoms with Gasteiger partial charge in [-0.3, -0.25) is 0 Å². The lowest BCUT2D eigenvalue weighted by atomic mass is 9.84. The molecule has 0 nitrogen and oxygen atoms in total. The monoisotopic (exact) mass is 200 g/mol. The van der Waals surface area contributed by atoms with Crippen LogP contribution in [0.1, 0.15) is 44.6 Å². The second-order valence-corrected chi connectivity index (χ2v) is 4.52. The van der Waals surface area contributed by atoms with E-state index in [1.54, 1.807) is 5.57 Å². The van der Waals surface area contributed by atoms with Crippen molar-refractivity contribution in [1.29, 1.82) is 0 Å². The van der Waals surface area contributed by atoms with Crippen LogP contribution in [0.2, 0.25) is 0 Å². The normalized spacial score (nSPS) is 21.1. The van der Waals surface area contributed by atoms with Gasteiger partial charge in [0.05, 0.1) is 0 Å². The summed E-state index contributed by atoms with van der Waals surface area (Å²) in [6.07, 6.45) is 9.14. The first kappa shape index (κ1) is 10.5. The van der Waals surface area contributed by atoms with E-state index >= 15 is 0 Å². The van der Waals surface area contributed by atoms with Gasteiger partial charge >= 0.3 is 0 Å². The third-order valence-corrected chi connectivity index (χ3v) is 3.36. The third-order valence-electron chi connectivity index (χ3n) is 3.36. The average Bonchev–Trinajstić information content (AvgIpc) is 2.32. The predicted octanol–water partition coefficient (Wildman–Crippen LogP) is 4.67. The zero-order chi connectivity index (χ0) is 10.5. The zero-order valence-electron chi connectivity index (χ0n) is 9.58. The van der Waals surface area contributed by atoms with Gasteiger partial charge in [-0.25, -0.2) is 0 Å². The molecule has 0 N–H and O–H groups in total. The molecule has 80 valence electrons. The van der Waals surface area contributed by atoms with Crippen LogP contribution in [0.25, 0.3) is 5.57 Å². The Labute approximate surface area is 93.0 Å². The first-order valence-electron chi connectivity index (χ1n) is 6.14. The molecule has 0 aliphatic heterocycles. The maximum Gasteiger partial charge on any atom is -0.0228 e. The van der Waals surface area contributed by atoms with Crippen LogP contribution in [0.3, 0.4) is 0 Å². The predicted molar refractivity (Wildman–Crippen MR) is 66.7 cm³/mol. The Bertz CT molecular complexity index is 321. The maximum atomic E-state index is 2.46. The second kappa shape index (κ2) is 5.16. The van der Waals surface area contributed by atoms with Gasteiger partial charge in [-0.15, -0.1) is 0 Å². The summed E-state index contributed by atoms with van der Waals surface area (Å²) in [5.41, 5.74) is 2.98. The summed E-state index contributed by atoms with van der Waals surface area (Å²) in [6.45, 7) is 2.29. The lowest BCUT2D eigenvalue weighted by Crippen LogP contribution is -2.04. The highest BCUT2D eigenvalue weighted by atomic mass is 14.2. The van der Waals surface area contributed by atoms with Gasteiger partial charge in [0, 0.05) is 0 Å². The Kier molecular flexibility index (Phi) is 3.60. The van der Waals surface area contributed by atoms with Crippen LogP contribution in [0.5, 0.6) is 0 Å². The maximum absolute atomic E-state index is 2.46. The van der Waals surface area contributed by atoms with Crippen LogP contribution < -0.4 is 0 Å². The van der Waals surface area contributed by atoms with Gasteiger partial charge in [0.1, 0.15) is 0 Å². The lowest BCUT2D eigenvalue weighted by molar-refractivity contribution is 0.445. The smallest absolute Gasteiger partial charge is 0.0228 e. The van der Waals surface area contributed by atoms with Crippen LogP contribution in [0, 0.1) is 5.92 Å². The average molecular weight is 200 g/mol. The third kappa shape index (κ3) is 2.71. The number of hydrogen-bond acceptors (Lipinski definition) is 0. The minimum Gasteiger partial charge on any atom is -0.0804 e. The summed E-state index contributed by atoms with van der Waals surface area (Å²) in [7, 11) is 0. The molecule has 1 atom stereocenters. The Balaban J connectivity index is 2.02. The fraction of sp³-hybridized carbons (Fsp3) is 0.467. The number of allylic oxidation sites excluding steroid dienone is 2. The van der Waals surface area contributed by atoms with Crippen molar-refractivity contribution in [1.82, 2.24) is 0 Å². The summed E-state index contributed by atoms with van der Waals surface area (Å²) in [4.78, 5) is 0. The van der Waals surface area contributed by atoms with Crippen LogP contribution in [0.4, 0.5) is 0 Å². The first-order chi connectivity index (χ1) is 7.40. The molecule has 0 bridgehead atoms. The molecule has 1 aromatic rings. The van der Waals surface area contributed by atoms with E-state index in [1.165, 1.54) is 37.7 Å². The Hall–Kier alpha value is -1.04. The zero-order valence-corrected chi connectivity index (χ0v) is 9.58. The quantitative estimate of drug-likeness (QED) is 0.665. The van der Waals surface area contributed by atoms with Crippen molar-refractivity contribution in [3.05, 3.63) is 42.0 Å². The van der Waals surface area contributed by atoms with Gasteiger partial charge < -0.3 is 0 Å². The van der Waals surface area contributed by atoms with E-state index < -0.39 is 0 Å². The first-order valence-corrected chi connectivity index (χ1v) is 6.14. The van der Waals surface area contributed by atoms with Crippen molar-refractivity contribution < 1.29 is 0 Å². The highest BCUT2D eigenvalue weighted by Gasteiger charge is 2.13. The lowest BCUT2D eigenvalue weighted by Gasteiger charge is -2.21. The van der Waals surface area contributed by atoms with Crippen LogP contribution >= 0.6 is 0 Å². The van der Waals surface area contributed by atoms with Crippen LogP contribution in [-0.2, 0) is 0 Å². The summed E-state index contributed by atoms with van der Waals surface area (Å²) in [6, 6.07) is 10.8. The number of benzene rings is 1. The van der Waals surface area contributed by atoms with Gasteiger partial charge in [-0.1, -0.05) is 56.2 Å². The van der Waals surface area contributed by atoms with Gasteiger partial charge in [0.2, 0.25) is 0 Å². The van der Waals surface area contributed by atoms with E-state index in [9.17, 15) is 0 Å². The van der Waals surface area contributed by atoms with Crippen molar-refractivity contribution in [2.45, 2.75) is 39.0 Å². The number of rotatable bonds is 3. The fourth-order valence-corrected chi connectivity index (χ4v) is 2.47. The van der Waals surface area contributed by atoms with Crippen molar-refractivity contribution in [3.63, 3.8) is 0 Å². The fourth-order valence-electron chi connectivity index (χ4n) is 2.47. The Morgan fingerprint density at radius 3 is 2.60 bits per heavy atom. The summed E-state index contributed by atoms with van der Waals surface area (Å²) < 4.78 is 0. The van der Waals surface area contributed by atoms with E-state index in [-0.39, 0.29) is 0 Å². The molecular weight excluding hydrogens is 180 g/mol. The molecule has 0 saturated heterocycles. The molecule has 2 rings (SSSR count). The molecule has 1 unspecified atom stereocenters. The van der Waals surface area contributed by atoms with Crippen molar-refractivity contribution >= 4 is 5.57 Å². The highest BCUT2D eigenvalue weighted by molar-refractivity contribution is 5.66. The largest absolute Gasteiger partial charge is 0.0804 e. The number of hydrogen-bond donors (Lipinski definition) is 0. The molecule has 1 aliphatic carbocycles. The van der Waals surface area contributed by atoms with Crippen molar-refractivity contribution in [2.75, 3.05) is 0 Å². The van der Waals surface area contributed by atoms with E-state index in [0.29, 0.717) is 0 Å². The standard InChI is InChI=1S/C15H20/c1-2-6-13-9-11-15(12-10-13)14-7-4-3-5-8-14/h3-5,7-8,11,13H,2,6,9-10,12H2,1H3. The molecule has 0 fully saturated rings. The van der Waals surface area contributed by atoms with Gasteiger partial charge in [-0.2, -0.15) is 0 Å². The molecule has 0 saturated carbocycles. The molecular formula is C15H20. The van der Waals surface area contributed by atoms with E-state index in [1.807, 2.05) is 0 Å². The molecule has 1 aromatic carbocycles. The van der Waals surface area contributed by atoms with Crippen molar-refractivity contribution in [3.8, 4) is 0 Å². The Morgan fingerprint density at radius 1 is 1.20 bits per heavy atom. The van der Waals surface area contributed by atoms with Crippen LogP contribution in [-0.4, -0.2) is 0 Å². The van der Waals surface area contributed by atoms with Crippen LogP contribution in [0.15, 0.2) is 36.4 Å². The molecule has 0 radical (unpaired) electrons. The Morgan fingerprint density at radius 2 is 2.00 bits per heavy atom. The summed E-state index contributed by atoms with van der Waals surface area (Å²) in [5.74, 6) is 0.947. The van der Waals surface area contributed by atoms with E-state index in [4.69, 9.17) is 0 Å². The SMILES string of the molecule is CCCC1CC=C(c2ccccc2)CC1. The van der Waals surface area contributed by atoms with E-state index in [0.717, 1.165) is 5.92 Å². The molecule has 0 amide bonds. The molecule has 0 aromatic heterocycles. The topological polar surface area (TPSA) is 0 Å². The summed E-state index contributed by atoms with van der Waals surface area (Å²) in [5, 5.41) is 0. The van der Waals surface area contributed by atoms with Gasteiger partial charge in [0.15, 0.2) is 0 Å². The second-order valence-electron chi connectivity index (χ2n) is 4.52. The molecule has 15 heavy (non-hydrogen) atoms. The molecule has 1 aliphatic rings. The molecule has 0 heteroatoms. The van der Waals surface area contributed by atoms with E-state index in [2.05, 4.69) is 43.3 Å². The highest BCUT2D eigenvalue weighted by Crippen LogP contribution is 2.31. The minimum atomic E-state index is 0.947. The van der Waals surface area contributed by atoms with Crippen molar-refractivity contribution in [2.24, 2.45) is 5.92 Å². The molecule has 0 heterocycles.